The van der Waals surface area contributed by atoms with E-state index in [9.17, 15) is 4.79 Å². The summed E-state index contributed by atoms with van der Waals surface area (Å²) in [5.41, 5.74) is 2.21. The molecule has 0 radical (unpaired) electrons. The van der Waals surface area contributed by atoms with Crippen molar-refractivity contribution in [3.05, 3.63) is 76.5 Å². The van der Waals surface area contributed by atoms with Crippen LogP contribution in [-0.4, -0.2) is 29.0 Å². The smallest absolute Gasteiger partial charge is 0.263 e. The van der Waals surface area contributed by atoms with Crippen molar-refractivity contribution in [2.45, 2.75) is 26.3 Å². The molecule has 1 aliphatic rings. The van der Waals surface area contributed by atoms with Gasteiger partial charge in [-0.2, -0.15) is 0 Å². The highest BCUT2D eigenvalue weighted by Gasteiger charge is 2.27. The highest BCUT2D eigenvalue weighted by Crippen LogP contribution is 2.31. The lowest BCUT2D eigenvalue weighted by molar-refractivity contribution is -0.125. The molecule has 0 unspecified atom stereocenters. The highest BCUT2D eigenvalue weighted by atomic mass is 79.9. The Morgan fingerprint density at radius 2 is 1.87 bits per heavy atom. The minimum absolute atomic E-state index is 0.00418. The number of anilines is 1. The number of rotatable bonds is 6. The van der Waals surface area contributed by atoms with Crippen LogP contribution in [0.15, 0.2) is 65.4 Å². The van der Waals surface area contributed by atoms with Gasteiger partial charge in [0.25, 0.3) is 5.88 Å². The summed E-state index contributed by atoms with van der Waals surface area (Å²) in [4.78, 5) is 23.7. The van der Waals surface area contributed by atoms with Gasteiger partial charge in [-0.15, -0.1) is 0 Å². The minimum Gasteiger partial charge on any atom is -0.436 e. The van der Waals surface area contributed by atoms with Crippen molar-refractivity contribution < 1.29 is 9.53 Å². The second-order valence-corrected chi connectivity index (χ2v) is 8.62. The third kappa shape index (κ3) is 5.61. The molecule has 1 aliphatic heterocycles. The molecule has 0 aliphatic carbocycles. The molecule has 0 saturated carbocycles. The van der Waals surface area contributed by atoms with Crippen molar-refractivity contribution >= 4 is 27.7 Å². The fraction of sp³-hybridized carbons (Fsp3) is 0.292. The van der Waals surface area contributed by atoms with E-state index in [0.29, 0.717) is 12.4 Å². The Morgan fingerprint density at radius 1 is 1.13 bits per heavy atom. The monoisotopic (exact) mass is 480 g/mol. The van der Waals surface area contributed by atoms with E-state index in [1.54, 1.807) is 12.4 Å². The van der Waals surface area contributed by atoms with E-state index in [0.717, 1.165) is 53.1 Å². The van der Waals surface area contributed by atoms with Crippen LogP contribution in [0.1, 0.15) is 24.0 Å². The average molecular weight is 481 g/mol. The largest absolute Gasteiger partial charge is 0.436 e. The number of hydrogen-bond acceptors (Lipinski definition) is 5. The lowest BCUT2D eigenvalue weighted by atomic mass is 9.96. The molecule has 0 spiro atoms. The van der Waals surface area contributed by atoms with E-state index >= 15 is 0 Å². The van der Waals surface area contributed by atoms with Crippen molar-refractivity contribution in [3.8, 4) is 11.6 Å². The number of amides is 1. The number of carbonyl (C=O) groups excluding carboxylic acids is 1. The lowest BCUT2D eigenvalue weighted by Crippen LogP contribution is -2.40. The van der Waals surface area contributed by atoms with E-state index in [4.69, 9.17) is 4.74 Å². The molecule has 1 saturated heterocycles. The predicted octanol–water partition coefficient (Wildman–Crippen LogP) is 4.87. The van der Waals surface area contributed by atoms with Gasteiger partial charge in [0.15, 0.2) is 5.82 Å². The maximum Gasteiger partial charge on any atom is 0.263 e. The molecule has 1 amide bonds. The van der Waals surface area contributed by atoms with E-state index in [1.165, 1.54) is 0 Å². The molecule has 160 valence electrons. The number of piperidine rings is 1. The fourth-order valence-electron chi connectivity index (χ4n) is 3.69. The van der Waals surface area contributed by atoms with Gasteiger partial charge in [0.1, 0.15) is 5.75 Å². The third-order valence-electron chi connectivity index (χ3n) is 5.40. The lowest BCUT2D eigenvalue weighted by Gasteiger charge is -2.32. The molecule has 3 aromatic rings. The van der Waals surface area contributed by atoms with Crippen LogP contribution >= 0.6 is 15.9 Å². The molecule has 2 aromatic carbocycles. The van der Waals surface area contributed by atoms with Gasteiger partial charge in [-0.05, 0) is 55.2 Å². The summed E-state index contributed by atoms with van der Waals surface area (Å²) in [6.45, 7) is 4.04. The number of ether oxygens (including phenoxy) is 1. The number of aromatic nitrogens is 2. The zero-order valence-electron chi connectivity index (χ0n) is 17.4. The summed E-state index contributed by atoms with van der Waals surface area (Å²) in [5, 5.41) is 3.07. The number of aryl methyl sites for hydroxylation is 1. The van der Waals surface area contributed by atoms with Crippen LogP contribution in [0, 0.1) is 12.8 Å². The molecule has 7 heteroatoms. The molecule has 2 heterocycles. The first-order valence-electron chi connectivity index (χ1n) is 10.4. The first kappa shape index (κ1) is 21.3. The minimum atomic E-state index is 0.00418. The van der Waals surface area contributed by atoms with Crippen LogP contribution in [0.2, 0.25) is 0 Å². The number of nitrogens with one attached hydrogen (secondary N) is 1. The molecular formula is C24H25BrN4O2. The Kier molecular flexibility index (Phi) is 6.82. The summed E-state index contributed by atoms with van der Waals surface area (Å²) < 4.78 is 7.05. The van der Waals surface area contributed by atoms with Crippen molar-refractivity contribution in [1.29, 1.82) is 0 Å². The number of hydrogen-bond donors (Lipinski definition) is 1. The van der Waals surface area contributed by atoms with Crippen LogP contribution in [0.25, 0.3) is 0 Å². The molecule has 4 rings (SSSR count). The van der Waals surface area contributed by atoms with Gasteiger partial charge in [-0.3, -0.25) is 4.79 Å². The molecule has 0 bridgehead atoms. The van der Waals surface area contributed by atoms with E-state index in [2.05, 4.69) is 36.1 Å². The molecular weight excluding hydrogens is 456 g/mol. The van der Waals surface area contributed by atoms with Gasteiger partial charge < -0.3 is 15.0 Å². The van der Waals surface area contributed by atoms with Gasteiger partial charge in [0, 0.05) is 42.4 Å². The first-order chi connectivity index (χ1) is 15.1. The Balaban J connectivity index is 1.34. The maximum atomic E-state index is 12.6. The highest BCUT2D eigenvalue weighted by molar-refractivity contribution is 9.10. The van der Waals surface area contributed by atoms with Crippen LogP contribution in [0.5, 0.6) is 11.6 Å². The summed E-state index contributed by atoms with van der Waals surface area (Å²) in [5.74, 6) is 2.07. The molecule has 1 fully saturated rings. The summed E-state index contributed by atoms with van der Waals surface area (Å²) in [6, 6.07) is 15.9. The number of halogens is 1. The number of benzene rings is 2. The maximum absolute atomic E-state index is 12.6. The quantitative estimate of drug-likeness (QED) is 0.544. The van der Waals surface area contributed by atoms with Crippen molar-refractivity contribution in [2.24, 2.45) is 5.92 Å². The zero-order valence-corrected chi connectivity index (χ0v) is 19.0. The second-order valence-electron chi connectivity index (χ2n) is 7.71. The average Bonchev–Trinajstić information content (AvgIpc) is 2.79. The normalized spacial score (nSPS) is 14.3. The molecule has 1 aromatic heterocycles. The summed E-state index contributed by atoms with van der Waals surface area (Å²) >= 11 is 3.43. The topological polar surface area (TPSA) is 67.4 Å². The molecule has 6 nitrogen and oxygen atoms in total. The third-order valence-corrected chi connectivity index (χ3v) is 5.92. The van der Waals surface area contributed by atoms with Crippen molar-refractivity contribution in [1.82, 2.24) is 15.3 Å². The van der Waals surface area contributed by atoms with Crippen LogP contribution in [-0.2, 0) is 11.3 Å². The van der Waals surface area contributed by atoms with Gasteiger partial charge in [-0.25, -0.2) is 9.97 Å². The van der Waals surface area contributed by atoms with Gasteiger partial charge in [0.2, 0.25) is 5.91 Å². The Labute approximate surface area is 190 Å². The Hall–Kier alpha value is -2.93. The van der Waals surface area contributed by atoms with Crippen molar-refractivity contribution in [2.75, 3.05) is 18.0 Å². The van der Waals surface area contributed by atoms with Crippen molar-refractivity contribution in [3.63, 3.8) is 0 Å². The van der Waals surface area contributed by atoms with Crippen LogP contribution in [0.4, 0.5) is 5.82 Å². The van der Waals surface area contributed by atoms with Gasteiger partial charge in [0.05, 0.1) is 0 Å². The van der Waals surface area contributed by atoms with Crippen LogP contribution < -0.4 is 15.0 Å². The predicted molar refractivity (Wildman–Crippen MR) is 124 cm³/mol. The Morgan fingerprint density at radius 3 is 2.61 bits per heavy atom. The summed E-state index contributed by atoms with van der Waals surface area (Å²) in [6.07, 6.45) is 4.85. The fourth-order valence-corrected chi connectivity index (χ4v) is 3.95. The Bertz CT molecular complexity index is 1030. The molecule has 1 N–H and O–H groups in total. The van der Waals surface area contributed by atoms with Gasteiger partial charge in [-0.1, -0.05) is 40.2 Å². The zero-order chi connectivity index (χ0) is 21.6. The molecule has 31 heavy (non-hydrogen) atoms. The molecule has 0 atom stereocenters. The number of carbonyl (C=O) groups is 1. The SMILES string of the molecule is Cc1cccc(Oc2nccnc2N2CCC(C(=O)NCc3ccc(Br)cc3)CC2)c1. The van der Waals surface area contributed by atoms with E-state index in [1.807, 2.05) is 55.5 Å². The standard InChI is InChI=1S/C24H25BrN4O2/c1-17-3-2-4-21(15-17)31-24-22(26-11-12-27-24)29-13-9-19(10-14-29)23(30)28-16-18-5-7-20(25)8-6-18/h2-8,11-12,15,19H,9-10,13-14,16H2,1H3,(H,28,30). The second kappa shape index (κ2) is 9.92. The van der Waals surface area contributed by atoms with Gasteiger partial charge >= 0.3 is 0 Å². The van der Waals surface area contributed by atoms with E-state index < -0.39 is 0 Å². The summed E-state index contributed by atoms with van der Waals surface area (Å²) in [7, 11) is 0. The van der Waals surface area contributed by atoms with E-state index in [-0.39, 0.29) is 11.8 Å². The first-order valence-corrected chi connectivity index (χ1v) is 11.2. The number of nitrogens with zero attached hydrogens (tertiary/aromatic N) is 3. The van der Waals surface area contributed by atoms with Crippen LogP contribution in [0.3, 0.4) is 0 Å².